The maximum absolute atomic E-state index is 2.43. The minimum atomic E-state index is 0.245. The molecule has 0 aliphatic carbocycles. The van der Waals surface area contributed by atoms with E-state index in [4.69, 9.17) is 0 Å². The monoisotopic (exact) mass is 231 g/mol. The molecule has 0 saturated carbocycles. The molecule has 2 rings (SSSR count). The van der Waals surface area contributed by atoms with Crippen LogP contribution in [0, 0.1) is 0 Å². The molecule has 1 heterocycles. The normalized spacial score (nSPS) is 20.1. The largest absolute Gasteiger partial charge is 0.301 e. The van der Waals surface area contributed by atoms with Gasteiger partial charge in [-0.1, -0.05) is 52.8 Å². The number of hydrogen-bond donors (Lipinski definition) is 0. The van der Waals surface area contributed by atoms with Crippen LogP contribution in [-0.2, 0) is 17.4 Å². The quantitative estimate of drug-likeness (QED) is 0.658. The van der Waals surface area contributed by atoms with Gasteiger partial charge in [0, 0.05) is 18.5 Å². The third-order valence-corrected chi connectivity index (χ3v) is 3.81. The van der Waals surface area contributed by atoms with Gasteiger partial charge in [0.25, 0.3) is 0 Å². The van der Waals surface area contributed by atoms with Gasteiger partial charge in [0.05, 0.1) is 0 Å². The second-order valence-corrected chi connectivity index (χ2v) is 7.18. The molecule has 0 saturated heterocycles. The summed E-state index contributed by atoms with van der Waals surface area (Å²) in [5.74, 6) is 0. The van der Waals surface area contributed by atoms with Crippen molar-refractivity contribution in [2.24, 2.45) is 0 Å². The summed E-state index contributed by atoms with van der Waals surface area (Å²) in [6.45, 7) is 13.8. The Morgan fingerprint density at radius 3 is 2.41 bits per heavy atom. The van der Waals surface area contributed by atoms with E-state index in [1.807, 2.05) is 0 Å². The van der Waals surface area contributed by atoms with Crippen molar-refractivity contribution >= 4 is 0 Å². The molecule has 1 aromatic rings. The predicted octanol–water partition coefficient (Wildman–Crippen LogP) is 3.71. The average molecular weight is 231 g/mol. The first-order valence-electron chi connectivity index (χ1n) is 6.52. The molecule has 0 atom stereocenters. The van der Waals surface area contributed by atoms with Crippen molar-refractivity contribution < 1.29 is 0 Å². The zero-order valence-electron chi connectivity index (χ0n) is 12.1. The van der Waals surface area contributed by atoms with Crippen LogP contribution in [0.1, 0.15) is 51.3 Å². The number of fused-ring (bicyclic) bond motifs is 1. The van der Waals surface area contributed by atoms with Gasteiger partial charge in [-0.2, -0.15) is 0 Å². The summed E-state index contributed by atoms with van der Waals surface area (Å²) in [7, 11) is 2.22. The summed E-state index contributed by atoms with van der Waals surface area (Å²) in [5, 5.41) is 0. The molecular formula is C16H25N. The van der Waals surface area contributed by atoms with Crippen molar-refractivity contribution in [2.45, 2.75) is 52.0 Å². The van der Waals surface area contributed by atoms with Gasteiger partial charge >= 0.3 is 0 Å². The zero-order chi connectivity index (χ0) is 12.8. The Morgan fingerprint density at radius 2 is 1.82 bits per heavy atom. The minimum absolute atomic E-state index is 0.245. The zero-order valence-corrected chi connectivity index (χ0v) is 12.1. The Balaban J connectivity index is 2.49. The van der Waals surface area contributed by atoms with E-state index < -0.39 is 0 Å². The Hall–Kier alpha value is -0.820. The molecule has 1 aromatic carbocycles. The number of hydrogen-bond acceptors (Lipinski definition) is 1. The van der Waals surface area contributed by atoms with Crippen molar-refractivity contribution in [2.75, 3.05) is 13.6 Å². The van der Waals surface area contributed by atoms with Gasteiger partial charge in [0.2, 0.25) is 0 Å². The first-order valence-corrected chi connectivity index (χ1v) is 6.52. The van der Waals surface area contributed by atoms with Gasteiger partial charge < -0.3 is 4.90 Å². The van der Waals surface area contributed by atoms with Crippen LogP contribution in [0.25, 0.3) is 0 Å². The molecule has 0 bridgehead atoms. The fourth-order valence-electron chi connectivity index (χ4n) is 2.96. The molecule has 1 aliphatic heterocycles. The van der Waals surface area contributed by atoms with Crippen LogP contribution in [0.4, 0.5) is 0 Å². The van der Waals surface area contributed by atoms with E-state index in [0.29, 0.717) is 0 Å². The van der Waals surface area contributed by atoms with Crippen LogP contribution in [-0.4, -0.2) is 18.5 Å². The van der Waals surface area contributed by atoms with Gasteiger partial charge in [-0.3, -0.25) is 0 Å². The molecule has 0 radical (unpaired) electrons. The van der Waals surface area contributed by atoms with Crippen LogP contribution in [0.5, 0.6) is 0 Å². The lowest BCUT2D eigenvalue weighted by Crippen LogP contribution is -2.40. The Morgan fingerprint density at radius 1 is 1.18 bits per heavy atom. The van der Waals surface area contributed by atoms with E-state index >= 15 is 0 Å². The standard InChI is InChI=1S/C16H25N/c1-15(2,3)13-7-8-14-12(9-13)10-17(6)11-16(14,4)5/h7-9H,10-11H2,1-6H3. The molecule has 1 nitrogen and oxygen atoms in total. The summed E-state index contributed by atoms with van der Waals surface area (Å²) in [4.78, 5) is 2.43. The molecule has 0 amide bonds. The first-order chi connectivity index (χ1) is 7.70. The molecular weight excluding hydrogens is 206 g/mol. The molecule has 0 N–H and O–H groups in total. The summed E-state index contributed by atoms with van der Waals surface area (Å²) >= 11 is 0. The van der Waals surface area contributed by atoms with E-state index in [-0.39, 0.29) is 10.8 Å². The molecule has 1 heteroatoms. The van der Waals surface area contributed by atoms with Gasteiger partial charge in [-0.15, -0.1) is 0 Å². The highest BCUT2D eigenvalue weighted by Gasteiger charge is 2.30. The first kappa shape index (κ1) is 12.6. The Kier molecular flexibility index (Phi) is 2.86. The highest BCUT2D eigenvalue weighted by Crippen LogP contribution is 2.35. The van der Waals surface area contributed by atoms with Gasteiger partial charge in [-0.25, -0.2) is 0 Å². The molecule has 1 aliphatic rings. The van der Waals surface area contributed by atoms with Crippen LogP contribution in [0.15, 0.2) is 18.2 Å². The molecule has 0 unspecified atom stereocenters. The topological polar surface area (TPSA) is 3.24 Å². The third-order valence-electron chi connectivity index (χ3n) is 3.81. The predicted molar refractivity (Wildman–Crippen MR) is 74.5 cm³/mol. The van der Waals surface area contributed by atoms with Crippen LogP contribution >= 0.6 is 0 Å². The maximum atomic E-state index is 2.43. The van der Waals surface area contributed by atoms with E-state index in [1.165, 1.54) is 16.7 Å². The van der Waals surface area contributed by atoms with Crippen molar-refractivity contribution in [3.05, 3.63) is 34.9 Å². The molecule has 0 aromatic heterocycles. The van der Waals surface area contributed by atoms with Crippen molar-refractivity contribution in [1.82, 2.24) is 4.90 Å². The average Bonchev–Trinajstić information content (AvgIpc) is 2.13. The smallest absolute Gasteiger partial charge is 0.0234 e. The molecule has 17 heavy (non-hydrogen) atoms. The number of nitrogens with zero attached hydrogens (tertiary/aromatic N) is 1. The van der Waals surface area contributed by atoms with E-state index in [9.17, 15) is 0 Å². The number of benzene rings is 1. The fourth-order valence-corrected chi connectivity index (χ4v) is 2.96. The lowest BCUT2D eigenvalue weighted by atomic mass is 9.76. The molecule has 0 spiro atoms. The lowest BCUT2D eigenvalue weighted by Gasteiger charge is -2.39. The number of rotatable bonds is 0. The number of likely N-dealkylation sites (N-methyl/N-ethyl adjacent to an activating group) is 1. The van der Waals surface area contributed by atoms with E-state index in [1.54, 1.807) is 0 Å². The summed E-state index contributed by atoms with van der Waals surface area (Å²) in [6, 6.07) is 7.07. The second-order valence-electron chi connectivity index (χ2n) is 7.18. The Bertz CT molecular complexity index is 424. The van der Waals surface area contributed by atoms with Gasteiger partial charge in [0.15, 0.2) is 0 Å². The SMILES string of the molecule is CN1Cc2cc(C(C)(C)C)ccc2C(C)(C)C1. The highest BCUT2D eigenvalue weighted by atomic mass is 15.1. The van der Waals surface area contributed by atoms with Crippen LogP contribution in [0.3, 0.4) is 0 Å². The van der Waals surface area contributed by atoms with E-state index in [2.05, 4.69) is 64.8 Å². The third kappa shape index (κ3) is 2.40. The maximum Gasteiger partial charge on any atom is 0.0234 e. The van der Waals surface area contributed by atoms with Crippen molar-refractivity contribution in [3.8, 4) is 0 Å². The minimum Gasteiger partial charge on any atom is -0.301 e. The second kappa shape index (κ2) is 3.84. The van der Waals surface area contributed by atoms with Gasteiger partial charge in [-0.05, 0) is 29.2 Å². The fraction of sp³-hybridized carbons (Fsp3) is 0.625. The highest BCUT2D eigenvalue weighted by molar-refractivity contribution is 5.40. The molecule has 94 valence electrons. The summed E-state index contributed by atoms with van der Waals surface area (Å²) in [5.41, 5.74) is 5.01. The summed E-state index contributed by atoms with van der Waals surface area (Å²) < 4.78 is 0. The molecule has 0 fully saturated rings. The van der Waals surface area contributed by atoms with Gasteiger partial charge in [0.1, 0.15) is 0 Å². The summed E-state index contributed by atoms with van der Waals surface area (Å²) in [6.07, 6.45) is 0. The lowest BCUT2D eigenvalue weighted by molar-refractivity contribution is 0.235. The van der Waals surface area contributed by atoms with Crippen molar-refractivity contribution in [3.63, 3.8) is 0 Å². The van der Waals surface area contributed by atoms with Crippen LogP contribution in [0.2, 0.25) is 0 Å². The van der Waals surface area contributed by atoms with E-state index in [0.717, 1.165) is 13.1 Å². The Labute approximate surface area is 106 Å². The van der Waals surface area contributed by atoms with Crippen molar-refractivity contribution in [1.29, 1.82) is 0 Å². The van der Waals surface area contributed by atoms with Crippen LogP contribution < -0.4 is 0 Å².